The standard InChI is InChI=1S/C16H20FNO2/c1-11(19)12-3-2-6-18(9-12)10-15-8-13-7-14(17)4-5-16(13)20-15/h4-5,7,12,15H,2-3,6,8-10H2,1H3. The summed E-state index contributed by atoms with van der Waals surface area (Å²) < 4.78 is 19.1. The molecule has 0 amide bonds. The van der Waals surface area contributed by atoms with E-state index < -0.39 is 0 Å². The number of hydrogen-bond donors (Lipinski definition) is 0. The fourth-order valence-corrected chi connectivity index (χ4v) is 3.23. The van der Waals surface area contributed by atoms with Gasteiger partial charge in [-0.05, 0) is 44.5 Å². The Bertz CT molecular complexity index is 517. The van der Waals surface area contributed by atoms with Gasteiger partial charge in [-0.3, -0.25) is 9.69 Å². The number of Topliss-reactive ketones (excluding diaryl/α,β-unsaturated/α-hetero) is 1. The normalized spacial score (nSPS) is 26.1. The average molecular weight is 277 g/mol. The maximum atomic E-state index is 13.2. The minimum atomic E-state index is -0.206. The Morgan fingerprint density at radius 2 is 2.35 bits per heavy atom. The SMILES string of the molecule is CC(=O)C1CCCN(CC2Cc3cc(F)ccc3O2)C1. The van der Waals surface area contributed by atoms with Gasteiger partial charge in [0.05, 0.1) is 0 Å². The number of ether oxygens (including phenoxy) is 1. The molecule has 4 heteroatoms. The first-order valence-electron chi connectivity index (χ1n) is 7.29. The molecule has 1 aromatic rings. The van der Waals surface area contributed by atoms with Crippen LogP contribution in [0.3, 0.4) is 0 Å². The number of carbonyl (C=O) groups is 1. The van der Waals surface area contributed by atoms with Crippen molar-refractivity contribution in [2.75, 3.05) is 19.6 Å². The Kier molecular flexibility index (Phi) is 3.74. The molecule has 2 heterocycles. The van der Waals surface area contributed by atoms with E-state index in [1.54, 1.807) is 19.1 Å². The topological polar surface area (TPSA) is 29.5 Å². The lowest BCUT2D eigenvalue weighted by Gasteiger charge is -2.32. The van der Waals surface area contributed by atoms with Gasteiger partial charge in [-0.1, -0.05) is 0 Å². The van der Waals surface area contributed by atoms with E-state index in [1.807, 2.05) is 0 Å². The lowest BCUT2D eigenvalue weighted by molar-refractivity contribution is -0.122. The summed E-state index contributed by atoms with van der Waals surface area (Å²) in [4.78, 5) is 13.8. The molecular weight excluding hydrogens is 257 g/mol. The molecule has 0 radical (unpaired) electrons. The van der Waals surface area contributed by atoms with Gasteiger partial charge in [0.15, 0.2) is 0 Å². The van der Waals surface area contributed by atoms with Crippen molar-refractivity contribution in [3.8, 4) is 5.75 Å². The molecule has 0 N–H and O–H groups in total. The van der Waals surface area contributed by atoms with Crippen LogP contribution in [0.1, 0.15) is 25.3 Å². The molecule has 1 aromatic carbocycles. The summed E-state index contributed by atoms with van der Waals surface area (Å²) >= 11 is 0. The number of fused-ring (bicyclic) bond motifs is 1. The van der Waals surface area contributed by atoms with E-state index in [0.29, 0.717) is 0 Å². The van der Waals surface area contributed by atoms with Gasteiger partial charge in [0, 0.05) is 31.0 Å². The van der Waals surface area contributed by atoms with Crippen LogP contribution in [0.2, 0.25) is 0 Å². The van der Waals surface area contributed by atoms with E-state index in [4.69, 9.17) is 4.74 Å². The zero-order chi connectivity index (χ0) is 14.1. The molecule has 0 bridgehead atoms. The van der Waals surface area contributed by atoms with E-state index in [-0.39, 0.29) is 23.6 Å². The van der Waals surface area contributed by atoms with E-state index in [2.05, 4.69) is 4.90 Å². The summed E-state index contributed by atoms with van der Waals surface area (Å²) in [6.45, 7) is 4.35. The Hall–Kier alpha value is -1.42. The number of benzene rings is 1. The molecule has 20 heavy (non-hydrogen) atoms. The molecule has 2 atom stereocenters. The highest BCUT2D eigenvalue weighted by Crippen LogP contribution is 2.30. The number of ketones is 1. The molecule has 2 aliphatic rings. The van der Waals surface area contributed by atoms with Crippen LogP contribution in [0, 0.1) is 11.7 Å². The molecule has 3 nitrogen and oxygen atoms in total. The molecule has 0 aliphatic carbocycles. The van der Waals surface area contributed by atoms with Gasteiger partial charge in [0.25, 0.3) is 0 Å². The highest BCUT2D eigenvalue weighted by molar-refractivity contribution is 5.78. The number of halogens is 1. The predicted molar refractivity (Wildman–Crippen MR) is 74.4 cm³/mol. The molecule has 1 saturated heterocycles. The zero-order valence-corrected chi connectivity index (χ0v) is 11.8. The maximum absolute atomic E-state index is 13.2. The summed E-state index contributed by atoms with van der Waals surface area (Å²) in [5.74, 6) is 1.05. The number of carbonyl (C=O) groups excluding carboxylic acids is 1. The minimum absolute atomic E-state index is 0.0810. The van der Waals surface area contributed by atoms with Crippen LogP contribution >= 0.6 is 0 Å². The van der Waals surface area contributed by atoms with Crippen molar-refractivity contribution >= 4 is 5.78 Å². The molecular formula is C16H20FNO2. The Balaban J connectivity index is 1.59. The van der Waals surface area contributed by atoms with Gasteiger partial charge in [0.2, 0.25) is 0 Å². The first-order chi connectivity index (χ1) is 9.61. The highest BCUT2D eigenvalue weighted by Gasteiger charge is 2.29. The van der Waals surface area contributed by atoms with Crippen molar-refractivity contribution in [1.82, 2.24) is 4.90 Å². The van der Waals surface area contributed by atoms with Crippen molar-refractivity contribution in [2.45, 2.75) is 32.3 Å². The summed E-state index contributed by atoms with van der Waals surface area (Å²) in [5, 5.41) is 0. The van der Waals surface area contributed by atoms with Crippen LogP contribution < -0.4 is 4.74 Å². The molecule has 3 rings (SSSR count). The van der Waals surface area contributed by atoms with Crippen LogP contribution in [0.5, 0.6) is 5.75 Å². The van der Waals surface area contributed by atoms with Crippen molar-refractivity contribution in [3.63, 3.8) is 0 Å². The summed E-state index contributed by atoms with van der Waals surface area (Å²) in [7, 11) is 0. The van der Waals surface area contributed by atoms with Gasteiger partial charge < -0.3 is 4.74 Å². The van der Waals surface area contributed by atoms with Crippen molar-refractivity contribution in [1.29, 1.82) is 0 Å². The number of piperidine rings is 1. The lowest BCUT2D eigenvalue weighted by atomic mass is 9.94. The van der Waals surface area contributed by atoms with E-state index >= 15 is 0 Å². The maximum Gasteiger partial charge on any atom is 0.134 e. The fraction of sp³-hybridized carbons (Fsp3) is 0.562. The second kappa shape index (κ2) is 5.52. The number of hydrogen-bond acceptors (Lipinski definition) is 3. The fourth-order valence-electron chi connectivity index (χ4n) is 3.23. The molecule has 2 unspecified atom stereocenters. The second-order valence-electron chi connectivity index (χ2n) is 5.91. The van der Waals surface area contributed by atoms with Crippen LogP contribution in [0.15, 0.2) is 18.2 Å². The Morgan fingerprint density at radius 3 is 3.15 bits per heavy atom. The Labute approximate surface area is 118 Å². The van der Waals surface area contributed by atoms with Crippen LogP contribution in [-0.4, -0.2) is 36.4 Å². The van der Waals surface area contributed by atoms with Gasteiger partial charge in [-0.2, -0.15) is 0 Å². The third-order valence-corrected chi connectivity index (χ3v) is 4.31. The Morgan fingerprint density at radius 1 is 1.50 bits per heavy atom. The van der Waals surface area contributed by atoms with Gasteiger partial charge in [-0.15, -0.1) is 0 Å². The zero-order valence-electron chi connectivity index (χ0n) is 11.8. The van der Waals surface area contributed by atoms with Gasteiger partial charge >= 0.3 is 0 Å². The van der Waals surface area contributed by atoms with Crippen LogP contribution in [0.4, 0.5) is 4.39 Å². The van der Waals surface area contributed by atoms with Crippen LogP contribution in [-0.2, 0) is 11.2 Å². The molecule has 0 saturated carbocycles. The summed E-state index contributed by atoms with van der Waals surface area (Å²) in [6, 6.07) is 4.71. The van der Waals surface area contributed by atoms with E-state index in [0.717, 1.165) is 50.2 Å². The summed E-state index contributed by atoms with van der Waals surface area (Å²) in [6.07, 6.45) is 2.91. The van der Waals surface area contributed by atoms with Gasteiger partial charge in [-0.25, -0.2) is 4.39 Å². The number of likely N-dealkylation sites (tertiary alicyclic amines) is 1. The minimum Gasteiger partial charge on any atom is -0.488 e. The third-order valence-electron chi connectivity index (χ3n) is 4.31. The first-order valence-corrected chi connectivity index (χ1v) is 7.29. The molecule has 1 fully saturated rings. The van der Waals surface area contributed by atoms with E-state index in [1.165, 1.54) is 6.07 Å². The lowest BCUT2D eigenvalue weighted by Crippen LogP contribution is -2.43. The molecule has 108 valence electrons. The van der Waals surface area contributed by atoms with Crippen molar-refractivity contribution in [3.05, 3.63) is 29.6 Å². The van der Waals surface area contributed by atoms with Crippen LogP contribution in [0.25, 0.3) is 0 Å². The molecule has 0 aromatic heterocycles. The predicted octanol–water partition coefficient (Wildman–Crippen LogP) is 2.43. The first kappa shape index (κ1) is 13.6. The van der Waals surface area contributed by atoms with Gasteiger partial charge in [0.1, 0.15) is 23.5 Å². The van der Waals surface area contributed by atoms with Crippen molar-refractivity contribution in [2.24, 2.45) is 5.92 Å². The quantitative estimate of drug-likeness (QED) is 0.850. The summed E-state index contributed by atoms with van der Waals surface area (Å²) in [5.41, 5.74) is 0.954. The highest BCUT2D eigenvalue weighted by atomic mass is 19.1. The largest absolute Gasteiger partial charge is 0.488 e. The third kappa shape index (κ3) is 2.85. The van der Waals surface area contributed by atoms with Crippen molar-refractivity contribution < 1.29 is 13.9 Å². The smallest absolute Gasteiger partial charge is 0.134 e. The molecule has 2 aliphatic heterocycles. The monoisotopic (exact) mass is 277 g/mol. The number of rotatable bonds is 3. The molecule has 0 spiro atoms. The number of nitrogens with zero attached hydrogens (tertiary/aromatic N) is 1. The van der Waals surface area contributed by atoms with E-state index in [9.17, 15) is 9.18 Å². The second-order valence-corrected chi connectivity index (χ2v) is 5.91. The average Bonchev–Trinajstić information content (AvgIpc) is 2.80.